The fourth-order valence-corrected chi connectivity index (χ4v) is 2.63. The molecule has 116 valence electrons. The zero-order valence-corrected chi connectivity index (χ0v) is 12.4. The molecule has 0 saturated carbocycles. The molecule has 0 amide bonds. The molecule has 0 atom stereocenters. The van der Waals surface area contributed by atoms with Gasteiger partial charge in [0.2, 0.25) is 0 Å². The molecule has 0 radical (unpaired) electrons. The van der Waals surface area contributed by atoms with E-state index < -0.39 is 11.8 Å². The minimum atomic E-state index is -0.542. The van der Waals surface area contributed by atoms with Gasteiger partial charge in [0.1, 0.15) is 11.5 Å². The van der Waals surface area contributed by atoms with Crippen molar-refractivity contribution in [3.63, 3.8) is 0 Å². The van der Waals surface area contributed by atoms with Crippen LogP contribution in [0.5, 0.6) is 0 Å². The molecular formula is C18H14FNO3. The van der Waals surface area contributed by atoms with Crippen molar-refractivity contribution < 1.29 is 18.7 Å². The lowest BCUT2D eigenvalue weighted by Gasteiger charge is -2.07. The third-order valence-electron chi connectivity index (χ3n) is 3.60. The van der Waals surface area contributed by atoms with Gasteiger partial charge in [-0.25, -0.2) is 9.18 Å². The molecule has 0 unspecified atom stereocenters. The number of H-pyrrole nitrogens is 1. The van der Waals surface area contributed by atoms with Gasteiger partial charge in [-0.3, -0.25) is 4.79 Å². The van der Waals surface area contributed by atoms with E-state index in [4.69, 9.17) is 4.74 Å². The summed E-state index contributed by atoms with van der Waals surface area (Å²) in [7, 11) is 0. The van der Waals surface area contributed by atoms with Crippen molar-refractivity contribution in [3.8, 4) is 11.1 Å². The number of hydrogen-bond donors (Lipinski definition) is 1. The number of aromatic amines is 1. The molecule has 0 bridgehead atoms. The van der Waals surface area contributed by atoms with Crippen molar-refractivity contribution >= 4 is 23.2 Å². The largest absolute Gasteiger partial charge is 0.461 e. The van der Waals surface area contributed by atoms with Crippen LogP contribution in [0.15, 0.2) is 42.5 Å². The predicted octanol–water partition coefficient (Wildman–Crippen LogP) is 3.96. The summed E-state index contributed by atoms with van der Waals surface area (Å²) >= 11 is 0. The Morgan fingerprint density at radius 2 is 2.04 bits per heavy atom. The Labute approximate surface area is 131 Å². The SMILES string of the molecule is CCOC(=O)c1[nH]c2ccc(F)cc2c1-c1ccccc1C=O. The van der Waals surface area contributed by atoms with Crippen LogP contribution in [0.3, 0.4) is 0 Å². The normalized spacial score (nSPS) is 10.7. The molecule has 4 nitrogen and oxygen atoms in total. The van der Waals surface area contributed by atoms with Gasteiger partial charge in [-0.15, -0.1) is 0 Å². The molecule has 0 saturated heterocycles. The van der Waals surface area contributed by atoms with Crippen LogP contribution in [0.25, 0.3) is 22.0 Å². The Hall–Kier alpha value is -2.95. The molecule has 3 rings (SSSR count). The fraction of sp³-hybridized carbons (Fsp3) is 0.111. The fourth-order valence-electron chi connectivity index (χ4n) is 2.63. The number of aldehydes is 1. The first-order valence-electron chi connectivity index (χ1n) is 7.18. The van der Waals surface area contributed by atoms with Crippen molar-refractivity contribution in [1.29, 1.82) is 0 Å². The van der Waals surface area contributed by atoms with Crippen molar-refractivity contribution in [2.75, 3.05) is 6.61 Å². The lowest BCUT2D eigenvalue weighted by molar-refractivity contribution is 0.0521. The number of nitrogens with one attached hydrogen (secondary N) is 1. The standard InChI is InChI=1S/C18H14FNO3/c1-2-23-18(22)17-16(13-6-4-3-5-11(13)10-21)14-9-12(19)7-8-15(14)20-17/h3-10,20H,2H2,1H3. The third kappa shape index (κ3) is 2.61. The number of benzene rings is 2. The molecule has 2 aromatic carbocycles. The second-order valence-corrected chi connectivity index (χ2v) is 4.99. The Kier molecular flexibility index (Phi) is 3.93. The number of hydrogen-bond acceptors (Lipinski definition) is 3. The highest BCUT2D eigenvalue weighted by atomic mass is 19.1. The number of esters is 1. The number of fused-ring (bicyclic) bond motifs is 1. The first-order valence-corrected chi connectivity index (χ1v) is 7.18. The summed E-state index contributed by atoms with van der Waals surface area (Å²) in [4.78, 5) is 26.6. The van der Waals surface area contributed by atoms with Crippen LogP contribution in [0.4, 0.5) is 4.39 Å². The summed E-state index contributed by atoms with van der Waals surface area (Å²) in [6.45, 7) is 1.93. The third-order valence-corrected chi connectivity index (χ3v) is 3.60. The van der Waals surface area contributed by atoms with Gasteiger partial charge in [0.05, 0.1) is 6.61 Å². The van der Waals surface area contributed by atoms with Gasteiger partial charge in [-0.05, 0) is 30.7 Å². The summed E-state index contributed by atoms with van der Waals surface area (Å²) in [5.74, 6) is -0.962. The first-order chi connectivity index (χ1) is 11.2. The van der Waals surface area contributed by atoms with Gasteiger partial charge >= 0.3 is 5.97 Å². The van der Waals surface area contributed by atoms with Crippen molar-refractivity contribution in [2.24, 2.45) is 0 Å². The number of carbonyl (C=O) groups excluding carboxylic acids is 2. The van der Waals surface area contributed by atoms with E-state index in [1.54, 1.807) is 37.3 Å². The second kappa shape index (κ2) is 6.04. The molecular weight excluding hydrogens is 297 g/mol. The van der Waals surface area contributed by atoms with E-state index in [2.05, 4.69) is 4.98 Å². The monoisotopic (exact) mass is 311 g/mol. The van der Waals surface area contributed by atoms with Gasteiger partial charge in [0.15, 0.2) is 6.29 Å². The smallest absolute Gasteiger partial charge is 0.355 e. The Morgan fingerprint density at radius 1 is 1.26 bits per heavy atom. The van der Waals surface area contributed by atoms with E-state index in [1.807, 2.05) is 0 Å². The van der Waals surface area contributed by atoms with E-state index >= 15 is 0 Å². The van der Waals surface area contributed by atoms with E-state index in [1.165, 1.54) is 12.1 Å². The van der Waals surface area contributed by atoms with Crippen LogP contribution in [0.1, 0.15) is 27.8 Å². The molecule has 3 aromatic rings. The van der Waals surface area contributed by atoms with Crippen LogP contribution >= 0.6 is 0 Å². The summed E-state index contributed by atoms with van der Waals surface area (Å²) in [5.41, 5.74) is 2.26. The molecule has 1 N–H and O–H groups in total. The number of halogens is 1. The molecule has 0 aliphatic carbocycles. The average molecular weight is 311 g/mol. The summed E-state index contributed by atoms with van der Waals surface area (Å²) in [6.07, 6.45) is 0.711. The summed E-state index contributed by atoms with van der Waals surface area (Å²) in [5, 5.41) is 0.530. The molecule has 0 aliphatic heterocycles. The number of aromatic nitrogens is 1. The van der Waals surface area contributed by atoms with Crippen LogP contribution in [0.2, 0.25) is 0 Å². The van der Waals surface area contributed by atoms with Crippen LogP contribution in [-0.4, -0.2) is 23.8 Å². The Morgan fingerprint density at radius 3 is 2.78 bits per heavy atom. The molecule has 0 fully saturated rings. The van der Waals surface area contributed by atoms with E-state index in [9.17, 15) is 14.0 Å². The Bertz CT molecular complexity index is 898. The van der Waals surface area contributed by atoms with Crippen molar-refractivity contribution in [3.05, 3.63) is 59.5 Å². The topological polar surface area (TPSA) is 59.2 Å². The van der Waals surface area contributed by atoms with Crippen LogP contribution < -0.4 is 0 Å². The highest BCUT2D eigenvalue weighted by Gasteiger charge is 2.22. The molecule has 0 aliphatic rings. The minimum absolute atomic E-state index is 0.210. The van der Waals surface area contributed by atoms with Crippen molar-refractivity contribution in [1.82, 2.24) is 4.98 Å². The molecule has 1 heterocycles. The van der Waals surface area contributed by atoms with Crippen LogP contribution in [0, 0.1) is 5.82 Å². The molecule has 1 aromatic heterocycles. The summed E-state index contributed by atoms with van der Waals surface area (Å²) in [6, 6.07) is 11.1. The highest BCUT2D eigenvalue weighted by Crippen LogP contribution is 2.35. The molecule has 5 heteroatoms. The van der Waals surface area contributed by atoms with Gasteiger partial charge in [-0.2, -0.15) is 0 Å². The predicted molar refractivity (Wildman–Crippen MR) is 85.0 cm³/mol. The van der Waals surface area contributed by atoms with Gasteiger partial charge in [0.25, 0.3) is 0 Å². The zero-order valence-electron chi connectivity index (χ0n) is 12.4. The highest BCUT2D eigenvalue weighted by molar-refractivity contribution is 6.10. The number of carbonyl (C=O) groups is 2. The molecule has 23 heavy (non-hydrogen) atoms. The van der Waals surface area contributed by atoms with Gasteiger partial charge in [0, 0.05) is 22.0 Å². The maximum absolute atomic E-state index is 13.7. The minimum Gasteiger partial charge on any atom is -0.461 e. The number of ether oxygens (including phenoxy) is 1. The quantitative estimate of drug-likeness (QED) is 0.586. The maximum Gasteiger partial charge on any atom is 0.355 e. The zero-order chi connectivity index (χ0) is 16.4. The van der Waals surface area contributed by atoms with Crippen molar-refractivity contribution in [2.45, 2.75) is 6.92 Å². The lowest BCUT2D eigenvalue weighted by atomic mass is 9.97. The first kappa shape index (κ1) is 15.0. The maximum atomic E-state index is 13.7. The molecule has 0 spiro atoms. The number of rotatable bonds is 4. The van der Waals surface area contributed by atoms with Gasteiger partial charge < -0.3 is 9.72 Å². The second-order valence-electron chi connectivity index (χ2n) is 4.99. The summed E-state index contributed by atoms with van der Waals surface area (Å²) < 4.78 is 18.7. The van der Waals surface area contributed by atoms with Gasteiger partial charge in [-0.1, -0.05) is 24.3 Å². The van der Waals surface area contributed by atoms with E-state index in [0.29, 0.717) is 33.9 Å². The van der Waals surface area contributed by atoms with E-state index in [0.717, 1.165) is 0 Å². The lowest BCUT2D eigenvalue weighted by Crippen LogP contribution is -2.07. The average Bonchev–Trinajstić information content (AvgIpc) is 2.93. The Balaban J connectivity index is 2.35. The van der Waals surface area contributed by atoms with E-state index in [-0.39, 0.29) is 12.3 Å². The van der Waals surface area contributed by atoms with Crippen LogP contribution in [-0.2, 0) is 4.74 Å².